The number of aromatic nitrogens is 2. The second kappa shape index (κ2) is 5.56. The highest BCUT2D eigenvalue weighted by Crippen LogP contribution is 2.22. The summed E-state index contributed by atoms with van der Waals surface area (Å²) in [5.74, 6) is -0.392. The highest BCUT2D eigenvalue weighted by atomic mass is 16.5. The summed E-state index contributed by atoms with van der Waals surface area (Å²) in [7, 11) is 0. The first-order chi connectivity index (χ1) is 9.13. The number of hydrogen-bond acceptors (Lipinski definition) is 4. The van der Waals surface area contributed by atoms with E-state index in [2.05, 4.69) is 5.10 Å². The van der Waals surface area contributed by atoms with E-state index < -0.39 is 5.97 Å². The Kier molecular flexibility index (Phi) is 3.85. The van der Waals surface area contributed by atoms with Crippen molar-refractivity contribution in [2.45, 2.75) is 20.3 Å². The van der Waals surface area contributed by atoms with E-state index in [-0.39, 0.29) is 0 Å². The van der Waals surface area contributed by atoms with Gasteiger partial charge in [-0.15, -0.1) is 0 Å². The molecule has 1 aromatic carbocycles. The van der Waals surface area contributed by atoms with Gasteiger partial charge in [0, 0.05) is 18.1 Å². The van der Waals surface area contributed by atoms with Gasteiger partial charge in [0.15, 0.2) is 0 Å². The fraction of sp³-hybridized carbons (Fsp3) is 0.286. The van der Waals surface area contributed by atoms with Gasteiger partial charge in [0.05, 0.1) is 17.9 Å². The van der Waals surface area contributed by atoms with Gasteiger partial charge in [-0.3, -0.25) is 0 Å². The van der Waals surface area contributed by atoms with Crippen molar-refractivity contribution >= 4 is 11.7 Å². The van der Waals surface area contributed by atoms with E-state index in [0.29, 0.717) is 17.9 Å². The standard InChI is InChI=1S/C14H17N3O2/c1-3-7-19-14(18)12-9-11(8-10(2)13(12)15)17-6-4-5-16-17/h4-6,8-9H,3,7,15H2,1-2H3. The lowest BCUT2D eigenvalue weighted by Crippen LogP contribution is -2.11. The maximum atomic E-state index is 12.0. The minimum atomic E-state index is -0.392. The third-order valence-corrected chi connectivity index (χ3v) is 2.80. The number of benzene rings is 1. The molecule has 0 aliphatic rings. The minimum absolute atomic E-state index is 0.388. The van der Waals surface area contributed by atoms with Crippen LogP contribution < -0.4 is 5.73 Å². The Morgan fingerprint density at radius 2 is 2.26 bits per heavy atom. The molecule has 0 radical (unpaired) electrons. The maximum Gasteiger partial charge on any atom is 0.340 e. The molecule has 0 atom stereocenters. The van der Waals surface area contributed by atoms with Crippen molar-refractivity contribution in [3.63, 3.8) is 0 Å². The van der Waals surface area contributed by atoms with E-state index in [1.54, 1.807) is 16.9 Å². The lowest BCUT2D eigenvalue weighted by molar-refractivity contribution is 0.0506. The quantitative estimate of drug-likeness (QED) is 0.675. The first-order valence-electron chi connectivity index (χ1n) is 6.20. The molecule has 2 rings (SSSR count). The van der Waals surface area contributed by atoms with Crippen molar-refractivity contribution < 1.29 is 9.53 Å². The molecule has 0 saturated carbocycles. The Labute approximate surface area is 112 Å². The molecule has 100 valence electrons. The number of carbonyl (C=O) groups is 1. The minimum Gasteiger partial charge on any atom is -0.462 e. The molecule has 0 amide bonds. The summed E-state index contributed by atoms with van der Waals surface area (Å²) in [6, 6.07) is 5.41. The first-order valence-corrected chi connectivity index (χ1v) is 6.20. The molecule has 5 nitrogen and oxygen atoms in total. The fourth-order valence-corrected chi connectivity index (χ4v) is 1.77. The van der Waals surface area contributed by atoms with Gasteiger partial charge in [-0.1, -0.05) is 6.92 Å². The molecule has 1 heterocycles. The van der Waals surface area contributed by atoms with Gasteiger partial charge in [-0.05, 0) is 37.1 Å². The Hall–Kier alpha value is -2.30. The van der Waals surface area contributed by atoms with Gasteiger partial charge in [0.2, 0.25) is 0 Å². The predicted molar refractivity (Wildman–Crippen MR) is 73.3 cm³/mol. The first kappa shape index (κ1) is 13.1. The van der Waals surface area contributed by atoms with E-state index >= 15 is 0 Å². The second-order valence-electron chi connectivity index (χ2n) is 4.31. The predicted octanol–water partition coefficient (Wildman–Crippen LogP) is 2.33. The molecule has 0 fully saturated rings. The topological polar surface area (TPSA) is 70.1 Å². The monoisotopic (exact) mass is 259 g/mol. The number of anilines is 1. The third-order valence-electron chi connectivity index (χ3n) is 2.80. The van der Waals surface area contributed by atoms with Crippen LogP contribution in [0.3, 0.4) is 0 Å². The summed E-state index contributed by atoms with van der Waals surface area (Å²) >= 11 is 0. The Morgan fingerprint density at radius 3 is 2.89 bits per heavy atom. The lowest BCUT2D eigenvalue weighted by Gasteiger charge is -2.11. The van der Waals surface area contributed by atoms with Crippen LogP contribution in [0.1, 0.15) is 29.3 Å². The van der Waals surface area contributed by atoms with Crippen LogP contribution in [0, 0.1) is 6.92 Å². The van der Waals surface area contributed by atoms with Gasteiger partial charge >= 0.3 is 5.97 Å². The average molecular weight is 259 g/mol. The van der Waals surface area contributed by atoms with Crippen LogP contribution in [-0.2, 0) is 4.74 Å². The van der Waals surface area contributed by atoms with Crippen LogP contribution in [0.5, 0.6) is 0 Å². The fourth-order valence-electron chi connectivity index (χ4n) is 1.77. The van der Waals surface area contributed by atoms with Gasteiger partial charge in [-0.2, -0.15) is 5.10 Å². The Bertz CT molecular complexity index is 577. The van der Waals surface area contributed by atoms with Crippen molar-refractivity contribution in [2.75, 3.05) is 12.3 Å². The maximum absolute atomic E-state index is 12.0. The highest BCUT2D eigenvalue weighted by Gasteiger charge is 2.15. The second-order valence-corrected chi connectivity index (χ2v) is 4.31. The number of aryl methyl sites for hydroxylation is 1. The summed E-state index contributed by atoms with van der Waals surface area (Å²) in [4.78, 5) is 12.0. The molecule has 0 aliphatic carbocycles. The van der Waals surface area contributed by atoms with Crippen LogP contribution in [-0.4, -0.2) is 22.4 Å². The number of rotatable bonds is 4. The number of hydrogen-bond donors (Lipinski definition) is 1. The van der Waals surface area contributed by atoms with E-state index in [1.807, 2.05) is 32.2 Å². The van der Waals surface area contributed by atoms with Crippen LogP contribution in [0.4, 0.5) is 5.69 Å². The van der Waals surface area contributed by atoms with Crippen molar-refractivity contribution in [2.24, 2.45) is 0 Å². The molecule has 2 N–H and O–H groups in total. The van der Waals surface area contributed by atoms with Crippen LogP contribution in [0.25, 0.3) is 5.69 Å². The molecular formula is C14H17N3O2. The summed E-state index contributed by atoms with van der Waals surface area (Å²) in [5.41, 5.74) is 8.41. The van der Waals surface area contributed by atoms with Crippen molar-refractivity contribution in [3.8, 4) is 5.69 Å². The van der Waals surface area contributed by atoms with Crippen molar-refractivity contribution in [3.05, 3.63) is 41.7 Å². The molecule has 0 unspecified atom stereocenters. The summed E-state index contributed by atoms with van der Waals surface area (Å²) < 4.78 is 6.82. The summed E-state index contributed by atoms with van der Waals surface area (Å²) in [6.45, 7) is 4.20. The van der Waals surface area contributed by atoms with Crippen molar-refractivity contribution in [1.82, 2.24) is 9.78 Å². The Balaban J connectivity index is 2.40. The van der Waals surface area contributed by atoms with Gasteiger partial charge in [0.1, 0.15) is 0 Å². The highest BCUT2D eigenvalue weighted by molar-refractivity contribution is 5.96. The molecule has 1 aromatic heterocycles. The van der Waals surface area contributed by atoms with E-state index in [1.165, 1.54) is 0 Å². The number of ether oxygens (including phenoxy) is 1. The van der Waals surface area contributed by atoms with Crippen LogP contribution in [0.2, 0.25) is 0 Å². The average Bonchev–Trinajstić information content (AvgIpc) is 2.93. The zero-order valence-corrected chi connectivity index (χ0v) is 11.1. The lowest BCUT2D eigenvalue weighted by atomic mass is 10.1. The zero-order valence-electron chi connectivity index (χ0n) is 11.1. The largest absolute Gasteiger partial charge is 0.462 e. The van der Waals surface area contributed by atoms with E-state index in [4.69, 9.17) is 10.5 Å². The molecule has 19 heavy (non-hydrogen) atoms. The number of nitrogens with zero attached hydrogens (tertiary/aromatic N) is 2. The third kappa shape index (κ3) is 2.76. The van der Waals surface area contributed by atoms with Crippen molar-refractivity contribution in [1.29, 1.82) is 0 Å². The zero-order chi connectivity index (χ0) is 13.8. The normalized spacial score (nSPS) is 10.4. The number of nitrogen functional groups attached to an aromatic ring is 1. The van der Waals surface area contributed by atoms with E-state index in [0.717, 1.165) is 17.7 Å². The number of esters is 1. The molecule has 2 aromatic rings. The summed E-state index contributed by atoms with van der Waals surface area (Å²) in [5, 5.41) is 4.14. The van der Waals surface area contributed by atoms with Gasteiger partial charge in [-0.25, -0.2) is 9.48 Å². The molecule has 0 saturated heterocycles. The Morgan fingerprint density at radius 1 is 1.47 bits per heavy atom. The molecule has 0 aliphatic heterocycles. The smallest absolute Gasteiger partial charge is 0.340 e. The number of nitrogens with two attached hydrogens (primary N) is 1. The van der Waals surface area contributed by atoms with Crippen LogP contribution in [0.15, 0.2) is 30.6 Å². The molecular weight excluding hydrogens is 242 g/mol. The molecule has 5 heteroatoms. The molecule has 0 spiro atoms. The SMILES string of the molecule is CCCOC(=O)c1cc(-n2cccn2)cc(C)c1N. The van der Waals surface area contributed by atoms with Gasteiger partial charge < -0.3 is 10.5 Å². The van der Waals surface area contributed by atoms with Crippen LogP contribution >= 0.6 is 0 Å². The van der Waals surface area contributed by atoms with Gasteiger partial charge in [0.25, 0.3) is 0 Å². The summed E-state index contributed by atoms with van der Waals surface area (Å²) in [6.07, 6.45) is 4.27. The van der Waals surface area contributed by atoms with E-state index in [9.17, 15) is 4.79 Å². The number of carbonyl (C=O) groups excluding carboxylic acids is 1. The molecule has 0 bridgehead atoms.